The molecule has 0 saturated heterocycles. The van der Waals surface area contributed by atoms with Gasteiger partial charge < -0.3 is 10.6 Å². The molecular weight excluding hydrogens is 332 g/mol. The second-order valence-corrected chi connectivity index (χ2v) is 6.57. The number of carbonyl (C=O) groups is 1. The summed E-state index contributed by atoms with van der Waals surface area (Å²) in [5, 5.41) is 10.8. The molecule has 1 amide bonds. The summed E-state index contributed by atoms with van der Waals surface area (Å²) in [5.41, 5.74) is 2.53. The van der Waals surface area contributed by atoms with E-state index in [1.54, 1.807) is 6.08 Å². The predicted molar refractivity (Wildman–Crippen MR) is 114 cm³/mol. The highest BCUT2D eigenvalue weighted by atomic mass is 16.1. The van der Waals surface area contributed by atoms with Crippen molar-refractivity contribution in [3.05, 3.63) is 96.7 Å². The molecule has 132 valence electrons. The van der Waals surface area contributed by atoms with Crippen molar-refractivity contribution in [1.29, 1.82) is 0 Å². The Labute approximate surface area is 158 Å². The zero-order chi connectivity index (χ0) is 18.6. The van der Waals surface area contributed by atoms with Gasteiger partial charge in [-0.25, -0.2) is 0 Å². The van der Waals surface area contributed by atoms with Gasteiger partial charge in [0, 0.05) is 23.1 Å². The largest absolute Gasteiger partial charge is 0.359 e. The average molecular weight is 352 g/mol. The van der Waals surface area contributed by atoms with Crippen molar-refractivity contribution in [3.63, 3.8) is 0 Å². The van der Waals surface area contributed by atoms with Gasteiger partial charge in [0.2, 0.25) is 5.91 Å². The number of rotatable bonds is 4. The van der Waals surface area contributed by atoms with Crippen molar-refractivity contribution in [2.24, 2.45) is 0 Å². The van der Waals surface area contributed by atoms with Gasteiger partial charge in [-0.3, -0.25) is 4.79 Å². The minimum Gasteiger partial charge on any atom is -0.359 e. The number of nitrogens with one attached hydrogen (secondary N) is 2. The van der Waals surface area contributed by atoms with Crippen LogP contribution >= 0.6 is 0 Å². The summed E-state index contributed by atoms with van der Waals surface area (Å²) < 4.78 is 0. The summed E-state index contributed by atoms with van der Waals surface area (Å²) in [7, 11) is 0. The number of amides is 1. The number of carbonyl (C=O) groups excluding carboxylic acids is 1. The number of anilines is 2. The first-order valence-electron chi connectivity index (χ1n) is 8.91. The van der Waals surface area contributed by atoms with Crippen molar-refractivity contribution in [2.45, 2.75) is 6.92 Å². The van der Waals surface area contributed by atoms with Gasteiger partial charge in [-0.15, -0.1) is 0 Å². The van der Waals surface area contributed by atoms with Crippen molar-refractivity contribution < 1.29 is 4.79 Å². The predicted octanol–water partition coefficient (Wildman–Crippen LogP) is 5.95. The Morgan fingerprint density at radius 1 is 0.667 bits per heavy atom. The molecule has 0 aliphatic heterocycles. The van der Waals surface area contributed by atoms with Crippen LogP contribution in [0.4, 0.5) is 11.4 Å². The highest BCUT2D eigenvalue weighted by Crippen LogP contribution is 2.21. The first kappa shape index (κ1) is 16.9. The zero-order valence-corrected chi connectivity index (χ0v) is 15.1. The lowest BCUT2D eigenvalue weighted by atomic mass is 10.1. The van der Waals surface area contributed by atoms with Crippen LogP contribution in [0.15, 0.2) is 96.7 Å². The minimum absolute atomic E-state index is 0.156. The van der Waals surface area contributed by atoms with Gasteiger partial charge in [0.15, 0.2) is 0 Å². The van der Waals surface area contributed by atoms with Crippen LogP contribution in [0.2, 0.25) is 0 Å². The van der Waals surface area contributed by atoms with Gasteiger partial charge in [0.25, 0.3) is 0 Å². The third kappa shape index (κ3) is 3.98. The molecule has 2 N–H and O–H groups in total. The summed E-state index contributed by atoms with van der Waals surface area (Å²) in [6, 6.07) is 28.4. The lowest BCUT2D eigenvalue weighted by Gasteiger charge is -2.09. The third-order valence-electron chi connectivity index (χ3n) is 4.46. The molecule has 3 nitrogen and oxygen atoms in total. The molecule has 0 bridgehead atoms. The standard InChI is InChI=1S/C24H20N2O/c1-17(25-22-12-10-18-6-2-4-8-20(18)15-22)14-24(27)26-23-13-11-19-7-3-5-9-21(19)16-23/h2-16,25H,1H3,(H,26,27). The van der Waals surface area contributed by atoms with Gasteiger partial charge >= 0.3 is 0 Å². The fourth-order valence-electron chi connectivity index (χ4n) is 3.17. The van der Waals surface area contributed by atoms with Gasteiger partial charge in [0.1, 0.15) is 0 Å². The Morgan fingerprint density at radius 3 is 1.70 bits per heavy atom. The molecule has 27 heavy (non-hydrogen) atoms. The van der Waals surface area contributed by atoms with E-state index in [1.165, 1.54) is 5.39 Å². The lowest BCUT2D eigenvalue weighted by molar-refractivity contribution is -0.111. The topological polar surface area (TPSA) is 41.1 Å². The lowest BCUT2D eigenvalue weighted by Crippen LogP contribution is -2.10. The fraction of sp³-hybridized carbons (Fsp3) is 0.0417. The molecule has 4 aromatic carbocycles. The van der Waals surface area contributed by atoms with Crippen LogP contribution in [-0.4, -0.2) is 5.91 Å². The Hall–Kier alpha value is -3.59. The molecule has 4 aromatic rings. The van der Waals surface area contributed by atoms with Crippen LogP contribution < -0.4 is 10.6 Å². The molecule has 0 fully saturated rings. The Bertz CT molecular complexity index is 1160. The van der Waals surface area contributed by atoms with E-state index in [0.717, 1.165) is 33.2 Å². The number of hydrogen-bond acceptors (Lipinski definition) is 2. The van der Waals surface area contributed by atoms with Crippen LogP contribution in [0, 0.1) is 0 Å². The molecule has 0 radical (unpaired) electrons. The molecule has 0 aromatic heterocycles. The first-order chi connectivity index (χ1) is 13.2. The Morgan fingerprint density at radius 2 is 1.15 bits per heavy atom. The maximum atomic E-state index is 12.3. The molecule has 4 rings (SSSR count). The molecule has 0 heterocycles. The quantitative estimate of drug-likeness (QED) is 0.446. The molecule has 0 saturated carbocycles. The molecule has 0 spiro atoms. The zero-order valence-electron chi connectivity index (χ0n) is 15.1. The third-order valence-corrected chi connectivity index (χ3v) is 4.46. The highest BCUT2D eigenvalue weighted by Gasteiger charge is 2.02. The molecule has 0 atom stereocenters. The maximum Gasteiger partial charge on any atom is 0.250 e. The minimum atomic E-state index is -0.156. The summed E-state index contributed by atoms with van der Waals surface area (Å²) in [4.78, 5) is 12.3. The van der Waals surface area contributed by atoms with Crippen LogP contribution in [0.5, 0.6) is 0 Å². The van der Waals surface area contributed by atoms with E-state index >= 15 is 0 Å². The van der Waals surface area contributed by atoms with E-state index in [0.29, 0.717) is 0 Å². The van der Waals surface area contributed by atoms with E-state index in [9.17, 15) is 4.79 Å². The molecule has 3 heteroatoms. The number of allylic oxidation sites excluding steroid dienone is 1. The summed E-state index contributed by atoms with van der Waals surface area (Å²) >= 11 is 0. The Kier molecular flexibility index (Phi) is 4.58. The average Bonchev–Trinajstić information content (AvgIpc) is 2.67. The fourth-order valence-corrected chi connectivity index (χ4v) is 3.17. The molecule has 0 aliphatic rings. The van der Waals surface area contributed by atoms with E-state index in [-0.39, 0.29) is 5.91 Å². The number of hydrogen-bond donors (Lipinski definition) is 2. The smallest absolute Gasteiger partial charge is 0.250 e. The van der Waals surface area contributed by atoms with E-state index < -0.39 is 0 Å². The highest BCUT2D eigenvalue weighted by molar-refractivity contribution is 6.01. The molecular formula is C24H20N2O. The monoisotopic (exact) mass is 352 g/mol. The van der Waals surface area contributed by atoms with Crippen molar-refractivity contribution in [1.82, 2.24) is 0 Å². The van der Waals surface area contributed by atoms with Gasteiger partial charge in [-0.2, -0.15) is 0 Å². The van der Waals surface area contributed by atoms with Gasteiger partial charge in [0.05, 0.1) is 0 Å². The van der Waals surface area contributed by atoms with Crippen molar-refractivity contribution in [2.75, 3.05) is 10.6 Å². The normalized spacial score (nSPS) is 11.5. The second kappa shape index (κ2) is 7.34. The number of fused-ring (bicyclic) bond motifs is 2. The number of benzene rings is 4. The van der Waals surface area contributed by atoms with E-state index in [2.05, 4.69) is 41.0 Å². The van der Waals surface area contributed by atoms with Crippen molar-refractivity contribution in [3.8, 4) is 0 Å². The van der Waals surface area contributed by atoms with Crippen LogP contribution in [0.3, 0.4) is 0 Å². The second-order valence-electron chi connectivity index (χ2n) is 6.57. The maximum absolute atomic E-state index is 12.3. The van der Waals surface area contributed by atoms with Gasteiger partial charge in [-0.1, -0.05) is 60.7 Å². The Balaban J connectivity index is 1.46. The van der Waals surface area contributed by atoms with E-state index in [1.807, 2.05) is 61.5 Å². The van der Waals surface area contributed by atoms with Gasteiger partial charge in [-0.05, 0) is 52.7 Å². The summed E-state index contributed by atoms with van der Waals surface area (Å²) in [5.74, 6) is -0.156. The van der Waals surface area contributed by atoms with Crippen LogP contribution in [0.25, 0.3) is 21.5 Å². The van der Waals surface area contributed by atoms with Crippen molar-refractivity contribution >= 4 is 38.8 Å². The first-order valence-corrected chi connectivity index (χ1v) is 8.91. The SMILES string of the molecule is CC(=CC(=O)Nc1ccc2ccccc2c1)Nc1ccc2ccccc2c1. The summed E-state index contributed by atoms with van der Waals surface area (Å²) in [6.07, 6.45) is 1.57. The van der Waals surface area contributed by atoms with Crippen LogP contribution in [-0.2, 0) is 4.79 Å². The molecule has 0 aliphatic carbocycles. The molecule has 0 unspecified atom stereocenters. The van der Waals surface area contributed by atoms with E-state index in [4.69, 9.17) is 0 Å². The summed E-state index contributed by atoms with van der Waals surface area (Å²) in [6.45, 7) is 1.88. The van der Waals surface area contributed by atoms with Crippen LogP contribution in [0.1, 0.15) is 6.92 Å².